The maximum Gasteiger partial charge on any atom is 0.226 e. The van der Waals surface area contributed by atoms with Gasteiger partial charge in [0.2, 0.25) is 11.8 Å². The second-order valence-electron chi connectivity index (χ2n) is 7.48. The van der Waals surface area contributed by atoms with Crippen LogP contribution in [0.1, 0.15) is 29.5 Å². The van der Waals surface area contributed by atoms with Gasteiger partial charge in [-0.05, 0) is 49.4 Å². The summed E-state index contributed by atoms with van der Waals surface area (Å²) in [6.07, 6.45) is 2.48. The molecule has 1 fully saturated rings. The van der Waals surface area contributed by atoms with Crippen molar-refractivity contribution in [2.24, 2.45) is 5.92 Å². The van der Waals surface area contributed by atoms with Crippen LogP contribution < -0.4 is 5.32 Å². The minimum absolute atomic E-state index is 0.0448. The number of piperidine rings is 1. The maximum absolute atomic E-state index is 12.9. The second-order valence-corrected chi connectivity index (χ2v) is 7.48. The summed E-state index contributed by atoms with van der Waals surface area (Å²) in [4.78, 5) is 26.7. The molecule has 5 heteroatoms. The molecule has 0 spiro atoms. The first-order valence-electron chi connectivity index (χ1n) is 9.87. The molecule has 0 aliphatic carbocycles. The molecule has 0 bridgehead atoms. The fourth-order valence-corrected chi connectivity index (χ4v) is 3.51. The van der Waals surface area contributed by atoms with Gasteiger partial charge in [-0.2, -0.15) is 0 Å². The van der Waals surface area contributed by atoms with E-state index in [0.29, 0.717) is 45.3 Å². The normalized spacial score (nSPS) is 14.7. The van der Waals surface area contributed by atoms with Crippen LogP contribution in [0.3, 0.4) is 0 Å². The van der Waals surface area contributed by atoms with Crippen LogP contribution in [0.15, 0.2) is 48.5 Å². The van der Waals surface area contributed by atoms with Gasteiger partial charge in [0, 0.05) is 25.6 Å². The molecule has 0 saturated carbocycles. The van der Waals surface area contributed by atoms with Crippen molar-refractivity contribution in [1.29, 1.82) is 0 Å². The molecular formula is C23H27FN2O2. The van der Waals surface area contributed by atoms with Crippen LogP contribution in [0.5, 0.6) is 0 Å². The van der Waals surface area contributed by atoms with Crippen LogP contribution in [-0.2, 0) is 22.4 Å². The maximum atomic E-state index is 12.9. The van der Waals surface area contributed by atoms with Crippen LogP contribution in [0.2, 0.25) is 0 Å². The van der Waals surface area contributed by atoms with Gasteiger partial charge < -0.3 is 10.2 Å². The molecule has 2 amide bonds. The number of hydrogen-bond donors (Lipinski definition) is 1. The molecule has 4 nitrogen and oxygen atoms in total. The molecule has 2 aromatic rings. The third-order valence-corrected chi connectivity index (χ3v) is 5.32. The Morgan fingerprint density at radius 2 is 1.61 bits per heavy atom. The summed E-state index contributed by atoms with van der Waals surface area (Å²) in [5.41, 5.74) is 3.21. The monoisotopic (exact) mass is 382 g/mol. The lowest BCUT2D eigenvalue weighted by atomic mass is 9.95. The first-order chi connectivity index (χ1) is 13.5. The molecule has 0 atom stereocenters. The third kappa shape index (κ3) is 5.65. The van der Waals surface area contributed by atoms with Crippen LogP contribution in [0.25, 0.3) is 0 Å². The van der Waals surface area contributed by atoms with Gasteiger partial charge in [-0.15, -0.1) is 0 Å². The zero-order valence-electron chi connectivity index (χ0n) is 16.3. The standard InChI is InChI=1S/C23H27FN2O2/c1-17-2-4-19(5-3-17)16-22(27)26-14-11-20(12-15-26)23(28)25-13-10-18-6-8-21(24)9-7-18/h2-9,20H,10-16H2,1H3,(H,25,28). The largest absolute Gasteiger partial charge is 0.356 e. The van der Waals surface area contributed by atoms with Gasteiger partial charge >= 0.3 is 0 Å². The van der Waals surface area contributed by atoms with E-state index in [2.05, 4.69) is 5.32 Å². The Hall–Kier alpha value is -2.69. The van der Waals surface area contributed by atoms with Crippen molar-refractivity contribution in [3.63, 3.8) is 0 Å². The second kappa shape index (κ2) is 9.49. The first-order valence-corrected chi connectivity index (χ1v) is 9.87. The molecule has 3 rings (SSSR count). The molecule has 2 aromatic carbocycles. The molecule has 1 saturated heterocycles. The van der Waals surface area contributed by atoms with E-state index in [4.69, 9.17) is 0 Å². The molecule has 28 heavy (non-hydrogen) atoms. The highest BCUT2D eigenvalue weighted by Gasteiger charge is 2.27. The third-order valence-electron chi connectivity index (χ3n) is 5.32. The highest BCUT2D eigenvalue weighted by atomic mass is 19.1. The molecule has 0 radical (unpaired) electrons. The summed E-state index contributed by atoms with van der Waals surface area (Å²) < 4.78 is 12.9. The average molecular weight is 382 g/mol. The number of nitrogens with one attached hydrogen (secondary N) is 1. The Morgan fingerprint density at radius 1 is 1.00 bits per heavy atom. The average Bonchev–Trinajstić information content (AvgIpc) is 2.71. The lowest BCUT2D eigenvalue weighted by Gasteiger charge is -2.31. The van der Waals surface area contributed by atoms with E-state index < -0.39 is 0 Å². The predicted octanol–water partition coefficient (Wildman–Crippen LogP) is 3.27. The van der Waals surface area contributed by atoms with Crippen LogP contribution in [-0.4, -0.2) is 36.3 Å². The van der Waals surface area contributed by atoms with Gasteiger partial charge in [-0.1, -0.05) is 42.0 Å². The Kier molecular flexibility index (Phi) is 6.80. The smallest absolute Gasteiger partial charge is 0.226 e. The summed E-state index contributed by atoms with van der Waals surface area (Å²) in [5.74, 6) is -0.125. The highest BCUT2D eigenvalue weighted by molar-refractivity contribution is 5.81. The zero-order chi connectivity index (χ0) is 19.9. The molecule has 1 aliphatic rings. The number of halogens is 1. The van der Waals surface area contributed by atoms with E-state index in [1.165, 1.54) is 17.7 Å². The van der Waals surface area contributed by atoms with E-state index >= 15 is 0 Å². The molecule has 1 aliphatic heterocycles. The number of hydrogen-bond acceptors (Lipinski definition) is 2. The van der Waals surface area contributed by atoms with Crippen molar-refractivity contribution in [2.75, 3.05) is 19.6 Å². The van der Waals surface area contributed by atoms with Gasteiger partial charge in [0.05, 0.1) is 6.42 Å². The molecule has 148 valence electrons. The summed E-state index contributed by atoms with van der Waals surface area (Å²) in [6.45, 7) is 3.82. The number of benzene rings is 2. The molecular weight excluding hydrogens is 355 g/mol. The SMILES string of the molecule is Cc1ccc(CC(=O)N2CCC(C(=O)NCCc3ccc(F)cc3)CC2)cc1. The number of rotatable bonds is 6. The Balaban J connectivity index is 1.39. The summed E-state index contributed by atoms with van der Waals surface area (Å²) in [5, 5.41) is 2.97. The summed E-state index contributed by atoms with van der Waals surface area (Å²) in [7, 11) is 0. The number of carbonyl (C=O) groups is 2. The predicted molar refractivity (Wildman–Crippen MR) is 107 cm³/mol. The molecule has 0 aromatic heterocycles. The lowest BCUT2D eigenvalue weighted by molar-refractivity contribution is -0.135. The number of aryl methyl sites for hydroxylation is 1. The van der Waals surface area contributed by atoms with Gasteiger partial charge in [0.15, 0.2) is 0 Å². The quantitative estimate of drug-likeness (QED) is 0.834. The van der Waals surface area contributed by atoms with E-state index in [-0.39, 0.29) is 23.5 Å². The minimum Gasteiger partial charge on any atom is -0.356 e. The van der Waals surface area contributed by atoms with Crippen molar-refractivity contribution in [3.8, 4) is 0 Å². The van der Waals surface area contributed by atoms with Crippen molar-refractivity contribution in [1.82, 2.24) is 10.2 Å². The summed E-state index contributed by atoms with van der Waals surface area (Å²) >= 11 is 0. The fraction of sp³-hybridized carbons (Fsp3) is 0.391. The van der Waals surface area contributed by atoms with Crippen molar-refractivity contribution in [3.05, 3.63) is 71.0 Å². The summed E-state index contributed by atoms with van der Waals surface area (Å²) in [6, 6.07) is 14.4. The van der Waals surface area contributed by atoms with E-state index in [1.54, 1.807) is 12.1 Å². The Morgan fingerprint density at radius 3 is 2.25 bits per heavy atom. The zero-order valence-corrected chi connectivity index (χ0v) is 16.3. The molecule has 0 unspecified atom stereocenters. The molecule has 1 heterocycles. The van der Waals surface area contributed by atoms with Gasteiger partial charge in [0.25, 0.3) is 0 Å². The number of carbonyl (C=O) groups excluding carboxylic acids is 2. The van der Waals surface area contributed by atoms with Gasteiger partial charge in [-0.3, -0.25) is 9.59 Å². The Labute approximate surface area is 165 Å². The topological polar surface area (TPSA) is 49.4 Å². The number of likely N-dealkylation sites (tertiary alicyclic amines) is 1. The van der Waals surface area contributed by atoms with Gasteiger partial charge in [0.1, 0.15) is 5.82 Å². The van der Waals surface area contributed by atoms with Crippen molar-refractivity contribution >= 4 is 11.8 Å². The van der Waals surface area contributed by atoms with E-state index in [1.807, 2.05) is 36.1 Å². The first kappa shape index (κ1) is 20.1. The molecule has 1 N–H and O–H groups in total. The van der Waals surface area contributed by atoms with Crippen LogP contribution in [0, 0.1) is 18.7 Å². The van der Waals surface area contributed by atoms with E-state index in [9.17, 15) is 14.0 Å². The minimum atomic E-state index is -0.253. The van der Waals surface area contributed by atoms with Crippen LogP contribution in [0.4, 0.5) is 4.39 Å². The fourth-order valence-electron chi connectivity index (χ4n) is 3.51. The lowest BCUT2D eigenvalue weighted by Crippen LogP contribution is -2.43. The van der Waals surface area contributed by atoms with E-state index in [0.717, 1.165) is 11.1 Å². The van der Waals surface area contributed by atoms with Crippen LogP contribution >= 0.6 is 0 Å². The number of amides is 2. The Bertz CT molecular complexity index is 794. The van der Waals surface area contributed by atoms with Crippen molar-refractivity contribution < 1.29 is 14.0 Å². The van der Waals surface area contributed by atoms with Crippen molar-refractivity contribution in [2.45, 2.75) is 32.6 Å². The van der Waals surface area contributed by atoms with Gasteiger partial charge in [-0.25, -0.2) is 4.39 Å². The highest BCUT2D eigenvalue weighted by Crippen LogP contribution is 2.18. The number of nitrogens with zero attached hydrogens (tertiary/aromatic N) is 1.